The summed E-state index contributed by atoms with van der Waals surface area (Å²) in [6, 6.07) is 3.03. The van der Waals surface area contributed by atoms with E-state index in [1.165, 1.54) is 6.07 Å². The maximum atomic E-state index is 14.2. The van der Waals surface area contributed by atoms with Gasteiger partial charge >= 0.3 is 6.18 Å². The van der Waals surface area contributed by atoms with E-state index in [0.29, 0.717) is 17.7 Å². The Morgan fingerprint density at radius 1 is 1.15 bits per heavy atom. The number of nitrogens with one attached hydrogen (secondary N) is 1. The third-order valence-corrected chi connectivity index (χ3v) is 6.34. The zero-order valence-corrected chi connectivity index (χ0v) is 17.8. The second-order valence-electron chi connectivity index (χ2n) is 8.84. The molecule has 1 N–H and O–H groups in total. The molecule has 2 aromatic rings. The molecule has 11 heteroatoms. The first-order valence-corrected chi connectivity index (χ1v) is 10.6. The Labute approximate surface area is 186 Å². The van der Waals surface area contributed by atoms with Crippen molar-refractivity contribution in [3.8, 4) is 11.1 Å². The monoisotopic (exact) mass is 463 g/mol. The number of benzene rings is 1. The van der Waals surface area contributed by atoms with E-state index in [1.54, 1.807) is 6.07 Å². The Morgan fingerprint density at radius 3 is 2.48 bits per heavy atom. The number of carbonyl (C=O) groups excluding carboxylic acids is 2. The van der Waals surface area contributed by atoms with Crippen LogP contribution in [0.1, 0.15) is 40.3 Å². The number of halogens is 4. The summed E-state index contributed by atoms with van der Waals surface area (Å²) in [6.07, 6.45) is -3.48. The molecule has 0 radical (unpaired) electrons. The first-order chi connectivity index (χ1) is 15.5. The number of amides is 1. The van der Waals surface area contributed by atoms with Crippen LogP contribution >= 0.6 is 0 Å². The van der Waals surface area contributed by atoms with Gasteiger partial charge in [-0.2, -0.15) is 13.2 Å². The van der Waals surface area contributed by atoms with Gasteiger partial charge in [-0.05, 0) is 37.6 Å². The number of carbonyl (C=O) groups is 2. The lowest BCUT2D eigenvalue weighted by Crippen LogP contribution is -2.43. The molecule has 1 amide bonds. The fourth-order valence-electron chi connectivity index (χ4n) is 4.23. The number of hydrogen-bond donors (Lipinski definition) is 1. The Balaban J connectivity index is 1.56. The summed E-state index contributed by atoms with van der Waals surface area (Å²) in [5.41, 5.74) is -0.528. The van der Waals surface area contributed by atoms with Crippen LogP contribution in [0.4, 0.5) is 23.2 Å². The third kappa shape index (κ3) is 3.99. The zero-order chi connectivity index (χ0) is 23.5. The first kappa shape index (κ1) is 21.9. The number of nitrogens with zero attached hydrogens (tertiary/aromatic N) is 4. The first-order valence-electron chi connectivity index (χ1n) is 10.6. The number of aromatic nitrogens is 2. The third-order valence-electron chi connectivity index (χ3n) is 6.34. The lowest BCUT2D eigenvalue weighted by Gasteiger charge is -2.32. The largest absolute Gasteiger partial charge is 0.451 e. The van der Waals surface area contributed by atoms with Crippen LogP contribution in [0.2, 0.25) is 0 Å². The number of ketones is 1. The number of rotatable bonds is 4. The van der Waals surface area contributed by atoms with E-state index in [4.69, 9.17) is 0 Å². The molecule has 174 valence electrons. The molecule has 2 fully saturated rings. The van der Waals surface area contributed by atoms with Crippen LogP contribution in [0.5, 0.6) is 0 Å². The minimum Gasteiger partial charge on any atom is -0.323 e. The molecule has 7 nitrogen and oxygen atoms in total. The van der Waals surface area contributed by atoms with E-state index in [1.807, 2.05) is 7.05 Å². The topological polar surface area (TPSA) is 78.4 Å². The van der Waals surface area contributed by atoms with Gasteiger partial charge in [0.15, 0.2) is 5.67 Å². The van der Waals surface area contributed by atoms with Gasteiger partial charge in [-0.3, -0.25) is 14.5 Å². The SMILES string of the molecule is CN1CCN(Cc2cc(NC(=O)C3(F)CC3)cc3c2-c2cnc(C(F)(F)F)nc2C3=O)CC1. The number of hydrogen-bond acceptors (Lipinski definition) is 6. The number of anilines is 1. The van der Waals surface area contributed by atoms with E-state index < -0.39 is 29.4 Å². The van der Waals surface area contributed by atoms with Crippen molar-refractivity contribution in [2.45, 2.75) is 31.2 Å². The van der Waals surface area contributed by atoms with Gasteiger partial charge in [0.1, 0.15) is 5.69 Å². The highest BCUT2D eigenvalue weighted by molar-refractivity contribution is 6.21. The highest BCUT2D eigenvalue weighted by Crippen LogP contribution is 2.43. The normalized spacial score (nSPS) is 19.8. The average Bonchev–Trinajstić information content (AvgIpc) is 3.46. The summed E-state index contributed by atoms with van der Waals surface area (Å²) in [7, 11) is 2.01. The highest BCUT2D eigenvalue weighted by Gasteiger charge is 2.51. The van der Waals surface area contributed by atoms with Gasteiger partial charge < -0.3 is 10.2 Å². The second-order valence-corrected chi connectivity index (χ2v) is 8.84. The van der Waals surface area contributed by atoms with Crippen LogP contribution in [-0.2, 0) is 17.5 Å². The minimum atomic E-state index is -4.79. The smallest absolute Gasteiger partial charge is 0.323 e. The Kier molecular flexibility index (Phi) is 5.02. The van der Waals surface area contributed by atoms with Crippen molar-refractivity contribution in [1.82, 2.24) is 19.8 Å². The van der Waals surface area contributed by atoms with Crippen LogP contribution in [0.25, 0.3) is 11.1 Å². The molecule has 0 spiro atoms. The van der Waals surface area contributed by atoms with Gasteiger partial charge in [0.2, 0.25) is 11.6 Å². The number of piperazine rings is 1. The molecule has 0 bridgehead atoms. The number of fused-ring (bicyclic) bond motifs is 3. The molecule has 2 heterocycles. The van der Waals surface area contributed by atoms with Gasteiger partial charge in [0.05, 0.1) is 0 Å². The quantitative estimate of drug-likeness (QED) is 0.600. The number of alkyl halides is 4. The summed E-state index contributed by atoms with van der Waals surface area (Å²) < 4.78 is 53.6. The van der Waals surface area contributed by atoms with Crippen LogP contribution in [0.3, 0.4) is 0 Å². The van der Waals surface area contributed by atoms with E-state index >= 15 is 0 Å². The summed E-state index contributed by atoms with van der Waals surface area (Å²) >= 11 is 0. The fourth-order valence-corrected chi connectivity index (χ4v) is 4.23. The van der Waals surface area contributed by atoms with Crippen LogP contribution in [-0.4, -0.2) is 70.4 Å². The summed E-state index contributed by atoms with van der Waals surface area (Å²) in [4.78, 5) is 36.6. The predicted octanol–water partition coefficient (Wildman–Crippen LogP) is 2.89. The van der Waals surface area contributed by atoms with Gasteiger partial charge in [0, 0.05) is 61.3 Å². The minimum absolute atomic E-state index is 0.129. The van der Waals surface area contributed by atoms with Crippen LogP contribution in [0, 0.1) is 0 Å². The summed E-state index contributed by atoms with van der Waals surface area (Å²) in [5, 5.41) is 2.53. The van der Waals surface area contributed by atoms with E-state index in [9.17, 15) is 27.2 Å². The van der Waals surface area contributed by atoms with Crippen molar-refractivity contribution < 1.29 is 27.2 Å². The summed E-state index contributed by atoms with van der Waals surface area (Å²) in [5.74, 6) is -2.84. The number of likely N-dealkylation sites (N-methyl/N-ethyl adjacent to an activating group) is 1. The maximum Gasteiger partial charge on any atom is 0.451 e. The lowest BCUT2D eigenvalue weighted by atomic mass is 9.98. The van der Waals surface area contributed by atoms with Crippen LogP contribution < -0.4 is 5.32 Å². The maximum absolute atomic E-state index is 14.2. The molecule has 1 saturated heterocycles. The molecule has 1 aromatic carbocycles. The average molecular weight is 463 g/mol. The van der Waals surface area contributed by atoms with Crippen LogP contribution in [0.15, 0.2) is 18.3 Å². The second kappa shape index (κ2) is 7.56. The molecule has 0 unspecified atom stereocenters. The molecule has 5 rings (SSSR count). The van der Waals surface area contributed by atoms with E-state index in [2.05, 4.69) is 25.1 Å². The molecule has 1 aliphatic heterocycles. The van der Waals surface area contributed by atoms with Crippen molar-refractivity contribution in [3.63, 3.8) is 0 Å². The fraction of sp³-hybridized carbons (Fsp3) is 0.455. The Bertz CT molecular complexity index is 1150. The van der Waals surface area contributed by atoms with Gasteiger partial charge in [-0.25, -0.2) is 14.4 Å². The lowest BCUT2D eigenvalue weighted by molar-refractivity contribution is -0.145. The zero-order valence-electron chi connectivity index (χ0n) is 17.8. The highest BCUT2D eigenvalue weighted by atomic mass is 19.4. The molecular weight excluding hydrogens is 442 g/mol. The van der Waals surface area contributed by atoms with Crippen molar-refractivity contribution in [3.05, 3.63) is 41.0 Å². The van der Waals surface area contributed by atoms with Crippen molar-refractivity contribution >= 4 is 17.4 Å². The molecule has 0 atom stereocenters. The van der Waals surface area contributed by atoms with Crippen molar-refractivity contribution in [1.29, 1.82) is 0 Å². The Morgan fingerprint density at radius 2 is 1.85 bits per heavy atom. The Hall–Kier alpha value is -2.92. The molecule has 3 aliphatic rings. The van der Waals surface area contributed by atoms with Gasteiger partial charge in [-0.15, -0.1) is 0 Å². The van der Waals surface area contributed by atoms with E-state index in [-0.39, 0.29) is 35.3 Å². The summed E-state index contributed by atoms with van der Waals surface area (Å²) in [6.45, 7) is 3.63. The molecular formula is C22H21F4N5O2. The van der Waals surface area contributed by atoms with Crippen molar-refractivity contribution in [2.75, 3.05) is 38.5 Å². The molecule has 1 aromatic heterocycles. The van der Waals surface area contributed by atoms with E-state index in [0.717, 1.165) is 32.4 Å². The standard InChI is InChI=1S/C22H21F4N5O2/c1-30-4-6-31(7-5-30)11-12-8-13(28-20(33)21(23)2-3-21)9-14-16(12)15-10-27-19(22(24,25)26)29-17(15)18(14)32/h8-10H,2-7,11H2,1H3,(H,28,33). The van der Waals surface area contributed by atoms with Gasteiger partial charge in [-0.1, -0.05) is 0 Å². The molecule has 33 heavy (non-hydrogen) atoms. The molecule has 2 aliphatic carbocycles. The predicted molar refractivity (Wildman–Crippen MR) is 110 cm³/mol. The van der Waals surface area contributed by atoms with Gasteiger partial charge in [0.25, 0.3) is 5.91 Å². The van der Waals surface area contributed by atoms with Crippen molar-refractivity contribution in [2.24, 2.45) is 0 Å². The molecule has 1 saturated carbocycles.